The second-order valence-corrected chi connectivity index (χ2v) is 13.4. The molecule has 0 aromatic heterocycles. The maximum absolute atomic E-state index is 6.92. The predicted octanol–water partition coefficient (Wildman–Crippen LogP) is 8.32. The summed E-state index contributed by atoms with van der Waals surface area (Å²) in [6.45, 7) is 6.22. The minimum atomic E-state index is -0.884. The number of allylic oxidation sites excluding steroid dienone is 5. The molecule has 0 radical (unpaired) electrons. The molecule has 1 atom stereocenters. The van der Waals surface area contributed by atoms with Gasteiger partial charge in [0.2, 0.25) is 0 Å². The van der Waals surface area contributed by atoms with Gasteiger partial charge in [-0.2, -0.15) is 0 Å². The van der Waals surface area contributed by atoms with Crippen LogP contribution in [0.25, 0.3) is 0 Å². The zero-order valence-electron chi connectivity index (χ0n) is 22.6. The van der Waals surface area contributed by atoms with E-state index in [1.807, 2.05) is 13.0 Å². The van der Waals surface area contributed by atoms with Crippen LogP contribution in [0.2, 0.25) is 0 Å². The number of ether oxygens (including phenoxy) is 1. The molecule has 0 saturated carbocycles. The van der Waals surface area contributed by atoms with Gasteiger partial charge >= 0.3 is 0 Å². The molecule has 0 N–H and O–H groups in total. The van der Waals surface area contributed by atoms with Gasteiger partial charge in [-0.3, -0.25) is 0 Å². The van der Waals surface area contributed by atoms with E-state index in [2.05, 4.69) is 164 Å². The average molecular weight is 555 g/mol. The van der Waals surface area contributed by atoms with Crippen LogP contribution in [0.5, 0.6) is 11.5 Å². The highest BCUT2D eigenvalue weighted by Crippen LogP contribution is 2.47. The molecule has 0 bridgehead atoms. The molecular weight excluding hydrogens is 522 g/mol. The molecule has 196 valence electrons. The van der Waals surface area contributed by atoms with Gasteiger partial charge in [-0.15, -0.1) is 0 Å². The molecule has 1 unspecified atom stereocenters. The summed E-state index contributed by atoms with van der Waals surface area (Å²) in [4.78, 5) is 0. The van der Waals surface area contributed by atoms with Crippen LogP contribution >= 0.6 is 15.8 Å². The first kappa shape index (κ1) is 27.5. The summed E-state index contributed by atoms with van der Waals surface area (Å²) in [6.07, 6.45) is 8.28. The first-order valence-corrected chi connectivity index (χ1v) is 16.0. The Kier molecular flexibility index (Phi) is 9.54. The zero-order chi connectivity index (χ0) is 27.6. The molecule has 0 aliphatic rings. The van der Waals surface area contributed by atoms with Crippen molar-refractivity contribution >= 4 is 42.4 Å². The summed E-state index contributed by atoms with van der Waals surface area (Å²) in [5.41, 5.74) is 0. The molecular formula is C37H32OP2. The summed E-state index contributed by atoms with van der Waals surface area (Å²) < 4.78 is 6.92. The zero-order valence-corrected chi connectivity index (χ0v) is 24.4. The normalized spacial score (nSPS) is 12.4. The van der Waals surface area contributed by atoms with Crippen molar-refractivity contribution in [2.24, 2.45) is 0 Å². The third-order valence-corrected chi connectivity index (χ3v) is 11.4. The van der Waals surface area contributed by atoms with Crippen molar-refractivity contribution < 1.29 is 4.74 Å². The van der Waals surface area contributed by atoms with E-state index in [4.69, 9.17) is 4.74 Å². The van der Waals surface area contributed by atoms with Crippen molar-refractivity contribution in [3.63, 3.8) is 0 Å². The predicted molar refractivity (Wildman–Crippen MR) is 177 cm³/mol. The third kappa shape index (κ3) is 6.40. The molecule has 0 amide bonds. The molecule has 0 aliphatic carbocycles. The molecule has 0 aliphatic heterocycles. The van der Waals surface area contributed by atoms with Crippen molar-refractivity contribution in [3.05, 3.63) is 176 Å². The number of hydrogen-bond donors (Lipinski definition) is 0. The summed E-state index contributed by atoms with van der Waals surface area (Å²) in [7, 11) is -1.70. The van der Waals surface area contributed by atoms with Crippen molar-refractivity contribution in [2.75, 3.05) is 0 Å². The molecule has 0 spiro atoms. The van der Waals surface area contributed by atoms with E-state index in [1.165, 1.54) is 26.5 Å². The van der Waals surface area contributed by atoms with Gasteiger partial charge in [0.05, 0.1) is 0 Å². The largest absolute Gasteiger partial charge is 0.456 e. The Hall–Kier alpha value is -4.02. The molecule has 0 fully saturated rings. The van der Waals surface area contributed by atoms with Crippen LogP contribution < -0.4 is 31.3 Å². The summed E-state index contributed by atoms with van der Waals surface area (Å²) in [6, 6.07) is 49.1. The Morgan fingerprint density at radius 3 is 1.55 bits per heavy atom. The number of para-hydroxylation sites is 2. The Bertz CT molecular complexity index is 1550. The van der Waals surface area contributed by atoms with Crippen LogP contribution in [0.15, 0.2) is 176 Å². The highest BCUT2D eigenvalue weighted by molar-refractivity contribution is 7.80. The van der Waals surface area contributed by atoms with Gasteiger partial charge in [0.1, 0.15) is 11.5 Å². The van der Waals surface area contributed by atoms with Crippen molar-refractivity contribution in [1.82, 2.24) is 0 Å². The molecule has 5 aromatic rings. The number of rotatable bonds is 10. The Labute approximate surface area is 240 Å². The Morgan fingerprint density at radius 1 is 0.575 bits per heavy atom. The van der Waals surface area contributed by atoms with E-state index in [0.29, 0.717) is 0 Å². The maximum atomic E-state index is 6.92. The summed E-state index contributed by atoms with van der Waals surface area (Å²) in [5.74, 6) is 1.75. The first-order valence-electron chi connectivity index (χ1n) is 13.4. The molecule has 5 aromatic carbocycles. The standard InChI is InChI=1S/C37H32OP2/c1-3-5-19-30(4-2)39(31-20-9-6-10-21-31)36-28-17-15-26-34(36)38-35-27-16-18-29-37(35)40(32-22-11-7-12-23-32)33-24-13-8-14-25-33/h3-29H,2H2,1H3/b5-3-,30-19+. The first-order chi connectivity index (χ1) is 19.8. The summed E-state index contributed by atoms with van der Waals surface area (Å²) >= 11 is 0. The van der Waals surface area contributed by atoms with E-state index >= 15 is 0 Å². The Balaban J connectivity index is 1.63. The van der Waals surface area contributed by atoms with Crippen molar-refractivity contribution in [1.29, 1.82) is 0 Å². The summed E-state index contributed by atoms with van der Waals surface area (Å²) in [5, 5.41) is 7.39. The lowest BCUT2D eigenvalue weighted by atomic mass is 10.3. The van der Waals surface area contributed by atoms with Crippen LogP contribution in [-0.4, -0.2) is 0 Å². The average Bonchev–Trinajstić information content (AvgIpc) is 3.02. The van der Waals surface area contributed by atoms with Crippen LogP contribution in [0.4, 0.5) is 0 Å². The quantitative estimate of drug-likeness (QED) is 0.125. The number of benzene rings is 5. The van der Waals surface area contributed by atoms with Crippen molar-refractivity contribution in [3.8, 4) is 11.5 Å². The van der Waals surface area contributed by atoms with Crippen LogP contribution in [-0.2, 0) is 0 Å². The van der Waals surface area contributed by atoms with E-state index in [9.17, 15) is 0 Å². The second-order valence-electron chi connectivity index (χ2n) is 9.04. The fraction of sp³-hybridized carbons (Fsp3) is 0.0270. The highest BCUT2D eigenvalue weighted by atomic mass is 31.1. The van der Waals surface area contributed by atoms with E-state index in [1.54, 1.807) is 0 Å². The molecule has 0 saturated heterocycles. The third-order valence-electron chi connectivity index (χ3n) is 6.40. The molecule has 3 heteroatoms. The van der Waals surface area contributed by atoms with Gasteiger partial charge in [-0.05, 0) is 56.1 Å². The smallest absolute Gasteiger partial charge is 0.135 e. The Morgan fingerprint density at radius 2 is 1.02 bits per heavy atom. The van der Waals surface area contributed by atoms with E-state index in [0.717, 1.165) is 16.8 Å². The number of hydrogen-bond acceptors (Lipinski definition) is 1. The SMILES string of the molecule is C=C/C(=C\C=C/C)P(c1ccccc1)c1ccccc1Oc1ccccc1P(c1ccccc1)c1ccccc1. The molecule has 0 heterocycles. The minimum Gasteiger partial charge on any atom is -0.456 e. The van der Waals surface area contributed by atoms with Crippen LogP contribution in [0.3, 0.4) is 0 Å². The van der Waals surface area contributed by atoms with E-state index < -0.39 is 15.8 Å². The lowest BCUT2D eigenvalue weighted by molar-refractivity contribution is 0.490. The fourth-order valence-electron chi connectivity index (χ4n) is 4.59. The van der Waals surface area contributed by atoms with Gasteiger partial charge in [0.25, 0.3) is 0 Å². The van der Waals surface area contributed by atoms with Crippen molar-refractivity contribution in [2.45, 2.75) is 6.92 Å². The second kappa shape index (κ2) is 13.9. The van der Waals surface area contributed by atoms with Crippen LogP contribution in [0, 0.1) is 0 Å². The minimum absolute atomic E-state index is 0.812. The molecule has 5 rings (SSSR count). The van der Waals surface area contributed by atoms with Gasteiger partial charge in [-0.1, -0.05) is 158 Å². The highest BCUT2D eigenvalue weighted by Gasteiger charge is 2.24. The van der Waals surface area contributed by atoms with Gasteiger partial charge in [0, 0.05) is 10.6 Å². The molecule has 1 nitrogen and oxygen atoms in total. The topological polar surface area (TPSA) is 9.23 Å². The van der Waals surface area contributed by atoms with E-state index in [-0.39, 0.29) is 0 Å². The van der Waals surface area contributed by atoms with Gasteiger partial charge in [-0.25, -0.2) is 0 Å². The fourth-order valence-corrected chi connectivity index (χ4v) is 9.28. The lowest BCUT2D eigenvalue weighted by Gasteiger charge is -2.25. The van der Waals surface area contributed by atoms with Gasteiger partial charge in [0.15, 0.2) is 0 Å². The monoisotopic (exact) mass is 554 g/mol. The lowest BCUT2D eigenvalue weighted by Crippen LogP contribution is -2.22. The van der Waals surface area contributed by atoms with Crippen LogP contribution in [0.1, 0.15) is 6.92 Å². The molecule has 40 heavy (non-hydrogen) atoms. The van der Waals surface area contributed by atoms with Gasteiger partial charge < -0.3 is 4.74 Å². The maximum Gasteiger partial charge on any atom is 0.135 e.